The molecular formula is C22H22ClF3N2O7S. The number of halogens is 4. The van der Waals surface area contributed by atoms with Gasteiger partial charge in [-0.25, -0.2) is 4.72 Å². The predicted molar refractivity (Wildman–Crippen MR) is 122 cm³/mol. The first-order valence-corrected chi connectivity index (χ1v) is 12.4. The zero-order chi connectivity index (χ0) is 26.7. The second-order valence-corrected chi connectivity index (χ2v) is 9.55. The molecular weight excluding hydrogens is 529 g/mol. The van der Waals surface area contributed by atoms with Crippen molar-refractivity contribution in [3.8, 4) is 11.5 Å². The van der Waals surface area contributed by atoms with E-state index in [9.17, 15) is 31.2 Å². The quantitative estimate of drug-likeness (QED) is 0.459. The first kappa shape index (κ1) is 27.7. The number of Topliss-reactive ketones (excluding diaryl/α,β-unsaturated/α-hetero) is 1. The molecule has 0 aliphatic carbocycles. The fourth-order valence-corrected chi connectivity index (χ4v) is 4.69. The van der Waals surface area contributed by atoms with Crippen LogP contribution in [0.15, 0.2) is 36.4 Å². The number of hydrogen-bond acceptors (Lipinski definition) is 7. The third-order valence-corrected chi connectivity index (χ3v) is 6.67. The Morgan fingerprint density at radius 3 is 2.64 bits per heavy atom. The molecule has 0 saturated heterocycles. The van der Waals surface area contributed by atoms with Gasteiger partial charge in [-0.2, -0.15) is 26.3 Å². The Balaban J connectivity index is 1.96. The van der Waals surface area contributed by atoms with E-state index < -0.39 is 46.7 Å². The molecule has 1 heterocycles. The number of nitrogens with one attached hydrogen (secondary N) is 2. The minimum atomic E-state index is -4.73. The van der Waals surface area contributed by atoms with Crippen molar-refractivity contribution in [3.05, 3.63) is 58.1 Å². The molecule has 0 bridgehead atoms. The Labute approximate surface area is 210 Å². The molecule has 9 nitrogen and oxygen atoms in total. The van der Waals surface area contributed by atoms with Crippen molar-refractivity contribution in [1.29, 1.82) is 0 Å². The first-order chi connectivity index (χ1) is 16.9. The maximum absolute atomic E-state index is 13.4. The number of alkyl halides is 3. The van der Waals surface area contributed by atoms with Crippen LogP contribution in [0.4, 0.5) is 13.2 Å². The Kier molecular flexibility index (Phi) is 8.49. The molecule has 1 aliphatic heterocycles. The standard InChI is InChI=1S/C22H22ClF3N2O7S/c1-3-27-36(31,32)28-16(21(30)33-2)11-34-18-9-12(22(24,25)26)7-8-14(18)19-10-17(29)13-5-4-6-15(23)20(13)35-19/h4-9,16,19,27-28H,3,10-11H2,1-2H3/t16-,19+/m1/s1. The number of ketones is 1. The lowest BCUT2D eigenvalue weighted by Crippen LogP contribution is -2.49. The third-order valence-electron chi connectivity index (χ3n) is 5.11. The molecule has 0 amide bonds. The summed E-state index contributed by atoms with van der Waals surface area (Å²) in [6, 6.07) is 5.55. The first-order valence-electron chi connectivity index (χ1n) is 10.5. The predicted octanol–water partition coefficient (Wildman–Crippen LogP) is 3.43. The molecule has 0 fully saturated rings. The highest BCUT2D eigenvalue weighted by Crippen LogP contribution is 2.43. The lowest BCUT2D eigenvalue weighted by molar-refractivity contribution is -0.143. The van der Waals surface area contributed by atoms with E-state index in [1.54, 1.807) is 6.07 Å². The number of carbonyl (C=O) groups is 2. The molecule has 14 heteroatoms. The van der Waals surface area contributed by atoms with Gasteiger partial charge in [0.25, 0.3) is 10.2 Å². The Morgan fingerprint density at radius 1 is 1.28 bits per heavy atom. The molecule has 36 heavy (non-hydrogen) atoms. The number of rotatable bonds is 9. The van der Waals surface area contributed by atoms with Gasteiger partial charge in [-0.05, 0) is 24.3 Å². The average molecular weight is 551 g/mol. The number of fused-ring (bicyclic) bond motifs is 1. The zero-order valence-corrected chi connectivity index (χ0v) is 20.6. The smallest absolute Gasteiger partial charge is 0.416 e. The highest BCUT2D eigenvalue weighted by molar-refractivity contribution is 7.87. The number of benzene rings is 2. The number of ether oxygens (including phenoxy) is 3. The van der Waals surface area contributed by atoms with Crippen molar-refractivity contribution < 1.29 is 45.4 Å². The Morgan fingerprint density at radius 2 is 2.00 bits per heavy atom. The lowest BCUT2D eigenvalue weighted by atomic mass is 9.95. The van der Waals surface area contributed by atoms with Gasteiger partial charge in [0.1, 0.15) is 24.2 Å². The van der Waals surface area contributed by atoms with Crippen molar-refractivity contribution in [3.63, 3.8) is 0 Å². The summed E-state index contributed by atoms with van der Waals surface area (Å²) in [5.41, 5.74) is -0.763. The van der Waals surface area contributed by atoms with Gasteiger partial charge < -0.3 is 14.2 Å². The van der Waals surface area contributed by atoms with E-state index in [-0.39, 0.29) is 46.4 Å². The van der Waals surface area contributed by atoms with Crippen molar-refractivity contribution >= 4 is 33.6 Å². The van der Waals surface area contributed by atoms with E-state index in [0.29, 0.717) is 6.07 Å². The second kappa shape index (κ2) is 11.0. The number of hydrogen-bond donors (Lipinski definition) is 2. The highest BCUT2D eigenvalue weighted by Gasteiger charge is 2.35. The van der Waals surface area contributed by atoms with Gasteiger partial charge in [0.2, 0.25) is 0 Å². The minimum absolute atomic E-state index is 0.0128. The van der Waals surface area contributed by atoms with Crippen molar-refractivity contribution in [2.45, 2.75) is 31.7 Å². The van der Waals surface area contributed by atoms with E-state index in [4.69, 9.17) is 21.1 Å². The van der Waals surface area contributed by atoms with E-state index in [1.807, 2.05) is 4.72 Å². The molecule has 0 saturated carbocycles. The summed E-state index contributed by atoms with van der Waals surface area (Å²) in [7, 11) is -3.13. The van der Waals surface area contributed by atoms with E-state index >= 15 is 0 Å². The molecule has 2 aromatic rings. The number of methoxy groups -OCH3 is 1. The van der Waals surface area contributed by atoms with Gasteiger partial charge in [-0.1, -0.05) is 30.7 Å². The maximum atomic E-state index is 13.4. The van der Waals surface area contributed by atoms with Crippen LogP contribution in [0.1, 0.15) is 40.9 Å². The third kappa shape index (κ3) is 6.46. The molecule has 2 N–H and O–H groups in total. The van der Waals surface area contributed by atoms with Crippen LogP contribution >= 0.6 is 11.6 Å². The van der Waals surface area contributed by atoms with Gasteiger partial charge in [0.15, 0.2) is 11.8 Å². The lowest BCUT2D eigenvalue weighted by Gasteiger charge is -2.28. The summed E-state index contributed by atoms with van der Waals surface area (Å²) in [6.45, 7) is 0.802. The van der Waals surface area contributed by atoms with Crippen LogP contribution in [-0.2, 0) is 25.9 Å². The molecule has 0 radical (unpaired) electrons. The van der Waals surface area contributed by atoms with Crippen LogP contribution in [-0.4, -0.2) is 46.5 Å². The summed E-state index contributed by atoms with van der Waals surface area (Å²) < 4.78 is 84.4. The van der Waals surface area contributed by atoms with E-state index in [2.05, 4.69) is 9.46 Å². The summed E-state index contributed by atoms with van der Waals surface area (Å²) in [6.07, 6.45) is -6.01. The molecule has 3 rings (SSSR count). The van der Waals surface area contributed by atoms with Gasteiger partial charge in [0, 0.05) is 12.1 Å². The van der Waals surface area contributed by atoms with Gasteiger partial charge in [-0.3, -0.25) is 9.59 Å². The highest BCUT2D eigenvalue weighted by atomic mass is 35.5. The van der Waals surface area contributed by atoms with Crippen LogP contribution in [0, 0.1) is 0 Å². The van der Waals surface area contributed by atoms with Crippen LogP contribution in [0.5, 0.6) is 11.5 Å². The molecule has 196 valence electrons. The molecule has 0 spiro atoms. The van der Waals surface area contributed by atoms with Gasteiger partial charge >= 0.3 is 12.1 Å². The van der Waals surface area contributed by atoms with Crippen molar-refractivity contribution in [2.24, 2.45) is 0 Å². The van der Waals surface area contributed by atoms with Crippen LogP contribution in [0.25, 0.3) is 0 Å². The van der Waals surface area contributed by atoms with Crippen LogP contribution < -0.4 is 18.9 Å². The van der Waals surface area contributed by atoms with Crippen LogP contribution in [0.3, 0.4) is 0 Å². The normalized spacial score (nSPS) is 16.6. The monoisotopic (exact) mass is 550 g/mol. The molecule has 2 atom stereocenters. The summed E-state index contributed by atoms with van der Waals surface area (Å²) >= 11 is 6.15. The number of esters is 1. The Hall–Kier alpha value is -2.87. The zero-order valence-electron chi connectivity index (χ0n) is 19.0. The summed E-state index contributed by atoms with van der Waals surface area (Å²) in [5.74, 6) is -1.66. The largest absolute Gasteiger partial charge is 0.491 e. The molecule has 0 unspecified atom stereocenters. The van der Waals surface area contributed by atoms with Gasteiger partial charge in [-0.15, -0.1) is 0 Å². The summed E-state index contributed by atoms with van der Waals surface area (Å²) in [4.78, 5) is 24.8. The van der Waals surface area contributed by atoms with Crippen molar-refractivity contribution in [1.82, 2.24) is 9.44 Å². The van der Waals surface area contributed by atoms with Crippen LogP contribution in [0.2, 0.25) is 5.02 Å². The maximum Gasteiger partial charge on any atom is 0.416 e. The van der Waals surface area contributed by atoms with Gasteiger partial charge in [0.05, 0.1) is 29.7 Å². The van der Waals surface area contributed by atoms with E-state index in [0.717, 1.165) is 19.2 Å². The summed E-state index contributed by atoms with van der Waals surface area (Å²) in [5, 5.41) is 0.142. The fourth-order valence-electron chi connectivity index (χ4n) is 3.47. The Bertz CT molecular complexity index is 1250. The topological polar surface area (TPSA) is 120 Å². The second-order valence-electron chi connectivity index (χ2n) is 7.61. The number of carbonyl (C=O) groups excluding carboxylic acids is 2. The molecule has 2 aromatic carbocycles. The molecule has 1 aliphatic rings. The average Bonchev–Trinajstić information content (AvgIpc) is 2.81. The number of para-hydroxylation sites is 1. The molecule has 0 aromatic heterocycles. The van der Waals surface area contributed by atoms with E-state index in [1.165, 1.54) is 19.1 Å². The SMILES string of the molecule is CCNS(=O)(=O)N[C@H](COc1cc(C(F)(F)F)ccc1[C@@H]1CC(=O)c2cccc(Cl)c2O1)C(=O)OC. The minimum Gasteiger partial charge on any atom is -0.491 e. The van der Waals surface area contributed by atoms with Crippen molar-refractivity contribution in [2.75, 3.05) is 20.3 Å². The fraction of sp³-hybridized carbons (Fsp3) is 0.364.